The highest BCUT2D eigenvalue weighted by molar-refractivity contribution is 7.86. The first-order chi connectivity index (χ1) is 13.0. The number of hydrogen-bond donors (Lipinski definition) is 0. The minimum Gasteiger partial charge on any atom is -0.496 e. The van der Waals surface area contributed by atoms with E-state index in [0.29, 0.717) is 17.9 Å². The Kier molecular flexibility index (Phi) is 5.46. The molecule has 0 amide bonds. The average Bonchev–Trinajstić information content (AvgIpc) is 2.68. The number of hydrogen-bond acceptors (Lipinski definition) is 5. The van der Waals surface area contributed by atoms with Crippen LogP contribution in [0.15, 0.2) is 70.7 Å². The third-order valence-electron chi connectivity index (χ3n) is 4.29. The van der Waals surface area contributed by atoms with Gasteiger partial charge in [-0.1, -0.05) is 60.1 Å². The highest BCUT2D eigenvalue weighted by atomic mass is 32.2. The lowest BCUT2D eigenvalue weighted by atomic mass is 9.98. The molecule has 140 valence electrons. The number of rotatable bonds is 6. The van der Waals surface area contributed by atoms with Gasteiger partial charge in [-0.25, -0.2) is 0 Å². The van der Waals surface area contributed by atoms with E-state index in [9.17, 15) is 8.42 Å². The van der Waals surface area contributed by atoms with Crippen LogP contribution in [-0.4, -0.2) is 21.2 Å². The maximum absolute atomic E-state index is 12.5. The molecule has 0 unspecified atom stereocenters. The Bertz CT molecular complexity index is 1090. The number of ether oxygens (including phenoxy) is 1. The first kappa shape index (κ1) is 18.9. The highest BCUT2D eigenvalue weighted by Crippen LogP contribution is 2.30. The predicted octanol–water partition coefficient (Wildman–Crippen LogP) is 4.68. The molecule has 0 aromatic heterocycles. The summed E-state index contributed by atoms with van der Waals surface area (Å²) >= 11 is 0. The van der Waals surface area contributed by atoms with Crippen LogP contribution in [0.1, 0.15) is 24.5 Å². The molecule has 0 fully saturated rings. The third-order valence-corrected chi connectivity index (χ3v) is 5.41. The molecule has 0 bridgehead atoms. The van der Waals surface area contributed by atoms with E-state index in [1.807, 2.05) is 50.2 Å². The van der Waals surface area contributed by atoms with Crippen LogP contribution in [0.25, 0.3) is 10.8 Å². The van der Waals surface area contributed by atoms with Crippen molar-refractivity contribution in [2.75, 3.05) is 7.11 Å². The zero-order chi connectivity index (χ0) is 19.4. The molecule has 0 aliphatic rings. The second-order valence-corrected chi connectivity index (χ2v) is 7.63. The highest BCUT2D eigenvalue weighted by Gasteiger charge is 2.18. The van der Waals surface area contributed by atoms with Crippen molar-refractivity contribution in [1.29, 1.82) is 0 Å². The minimum atomic E-state index is -3.99. The molecule has 3 aromatic rings. The zero-order valence-corrected chi connectivity index (χ0v) is 16.3. The van der Waals surface area contributed by atoms with Crippen LogP contribution in [0.2, 0.25) is 0 Å². The Hall–Kier alpha value is -2.86. The van der Waals surface area contributed by atoms with Crippen molar-refractivity contribution in [3.8, 4) is 5.75 Å². The zero-order valence-electron chi connectivity index (χ0n) is 15.5. The summed E-state index contributed by atoms with van der Waals surface area (Å²) in [6.45, 7) is 3.78. The van der Waals surface area contributed by atoms with E-state index in [1.54, 1.807) is 19.2 Å². The van der Waals surface area contributed by atoms with Crippen molar-refractivity contribution in [2.24, 2.45) is 5.16 Å². The van der Waals surface area contributed by atoms with Crippen LogP contribution in [0.5, 0.6) is 5.75 Å². The molecule has 3 aromatic carbocycles. The topological polar surface area (TPSA) is 65.0 Å². The smallest absolute Gasteiger partial charge is 0.358 e. The largest absolute Gasteiger partial charge is 0.496 e. The fraction of sp³-hybridized carbons (Fsp3) is 0.190. The van der Waals surface area contributed by atoms with Gasteiger partial charge in [-0.05, 0) is 42.3 Å². The van der Waals surface area contributed by atoms with Gasteiger partial charge in [-0.3, -0.25) is 4.28 Å². The molecular weight excluding hydrogens is 362 g/mol. The van der Waals surface area contributed by atoms with Crippen molar-refractivity contribution in [1.82, 2.24) is 0 Å². The number of aryl methyl sites for hydroxylation is 1. The molecule has 3 rings (SSSR count). The molecule has 0 spiro atoms. The molecule has 0 N–H and O–H groups in total. The van der Waals surface area contributed by atoms with E-state index in [4.69, 9.17) is 9.02 Å². The summed E-state index contributed by atoms with van der Waals surface area (Å²) in [6, 6.07) is 18.0. The van der Waals surface area contributed by atoms with Crippen LogP contribution in [0, 0.1) is 6.92 Å². The Morgan fingerprint density at radius 1 is 1.00 bits per heavy atom. The number of fused-ring (bicyclic) bond motifs is 1. The van der Waals surface area contributed by atoms with Crippen molar-refractivity contribution in [2.45, 2.75) is 25.2 Å². The Balaban J connectivity index is 2.05. The van der Waals surface area contributed by atoms with Gasteiger partial charge in [0, 0.05) is 5.56 Å². The van der Waals surface area contributed by atoms with Crippen molar-refractivity contribution >= 4 is 26.6 Å². The van der Waals surface area contributed by atoms with Crippen LogP contribution in [-0.2, 0) is 14.4 Å². The van der Waals surface area contributed by atoms with E-state index in [-0.39, 0.29) is 4.90 Å². The number of methoxy groups -OCH3 is 1. The average molecular weight is 383 g/mol. The van der Waals surface area contributed by atoms with Gasteiger partial charge in [0.25, 0.3) is 0 Å². The normalized spacial score (nSPS) is 12.2. The van der Waals surface area contributed by atoms with Crippen molar-refractivity contribution < 1.29 is 17.4 Å². The molecule has 6 heteroatoms. The van der Waals surface area contributed by atoms with Crippen LogP contribution < -0.4 is 4.74 Å². The summed E-state index contributed by atoms with van der Waals surface area (Å²) < 4.78 is 35.4. The maximum Gasteiger partial charge on any atom is 0.358 e. The molecule has 0 aliphatic carbocycles. The summed E-state index contributed by atoms with van der Waals surface area (Å²) in [5.74, 6) is 0.616. The molecule has 0 saturated heterocycles. The minimum absolute atomic E-state index is 0.0668. The quantitative estimate of drug-likeness (QED) is 0.458. The number of benzene rings is 3. The molecular formula is C21H21NO4S. The summed E-state index contributed by atoms with van der Waals surface area (Å²) in [4.78, 5) is 0.0668. The molecule has 0 atom stereocenters. The summed E-state index contributed by atoms with van der Waals surface area (Å²) in [5.41, 5.74) is 2.20. The predicted molar refractivity (Wildman–Crippen MR) is 107 cm³/mol. The Morgan fingerprint density at radius 2 is 1.70 bits per heavy atom. The second kappa shape index (κ2) is 7.80. The first-order valence-electron chi connectivity index (χ1n) is 8.59. The van der Waals surface area contributed by atoms with Gasteiger partial charge in [0.2, 0.25) is 0 Å². The van der Waals surface area contributed by atoms with E-state index >= 15 is 0 Å². The van der Waals surface area contributed by atoms with Crippen molar-refractivity contribution in [3.63, 3.8) is 0 Å². The fourth-order valence-corrected chi connectivity index (χ4v) is 3.59. The van der Waals surface area contributed by atoms with E-state index in [2.05, 4.69) is 5.16 Å². The molecule has 5 nitrogen and oxygen atoms in total. The Labute approximate surface area is 159 Å². The molecule has 0 heterocycles. The summed E-state index contributed by atoms with van der Waals surface area (Å²) in [6.07, 6.45) is 0.480. The van der Waals surface area contributed by atoms with E-state index in [0.717, 1.165) is 21.9 Å². The third kappa shape index (κ3) is 3.95. The molecule has 0 aliphatic heterocycles. The fourth-order valence-electron chi connectivity index (χ4n) is 2.85. The van der Waals surface area contributed by atoms with E-state index < -0.39 is 10.1 Å². The van der Waals surface area contributed by atoms with Gasteiger partial charge in [0.05, 0.1) is 12.8 Å². The molecule has 0 radical (unpaired) electrons. The van der Waals surface area contributed by atoms with E-state index in [1.165, 1.54) is 12.1 Å². The maximum atomic E-state index is 12.5. The van der Waals surface area contributed by atoms with Gasteiger partial charge in [0.1, 0.15) is 10.6 Å². The second-order valence-electron chi connectivity index (χ2n) is 6.10. The number of oxime groups is 1. The lowest BCUT2D eigenvalue weighted by Crippen LogP contribution is -2.08. The van der Waals surface area contributed by atoms with Gasteiger partial charge in [-0.2, -0.15) is 8.42 Å². The Morgan fingerprint density at radius 3 is 2.37 bits per heavy atom. The van der Waals surface area contributed by atoms with Crippen LogP contribution >= 0.6 is 0 Å². The lowest BCUT2D eigenvalue weighted by molar-refractivity contribution is 0.337. The first-order valence-corrected chi connectivity index (χ1v) is 10.0. The summed E-state index contributed by atoms with van der Waals surface area (Å²) in [7, 11) is -2.42. The standard InChI is InChI=1S/C21H21NO4S/c1-4-19(22-26-27(23,24)17-12-9-15(2)10-13-17)21-18-8-6-5-7-16(18)11-14-20(21)25-3/h5-14H,4H2,1-3H3/b22-19+. The SMILES string of the molecule is CC/C(=N\OS(=O)(=O)c1ccc(C)cc1)c1c(OC)ccc2ccccc12. The van der Waals surface area contributed by atoms with Gasteiger partial charge in [0.15, 0.2) is 0 Å². The molecule has 27 heavy (non-hydrogen) atoms. The van der Waals surface area contributed by atoms with Gasteiger partial charge >= 0.3 is 10.1 Å². The van der Waals surface area contributed by atoms with Crippen molar-refractivity contribution in [3.05, 3.63) is 71.8 Å². The molecule has 0 saturated carbocycles. The van der Waals surface area contributed by atoms with Crippen LogP contribution in [0.4, 0.5) is 0 Å². The van der Waals surface area contributed by atoms with Gasteiger partial charge < -0.3 is 4.74 Å². The van der Waals surface area contributed by atoms with Gasteiger partial charge in [-0.15, -0.1) is 0 Å². The summed E-state index contributed by atoms with van der Waals surface area (Å²) in [5, 5.41) is 5.93. The number of nitrogens with zero attached hydrogens (tertiary/aromatic N) is 1. The lowest BCUT2D eigenvalue weighted by Gasteiger charge is -2.13. The van der Waals surface area contributed by atoms with Crippen LogP contribution in [0.3, 0.4) is 0 Å². The monoisotopic (exact) mass is 383 g/mol.